The van der Waals surface area contributed by atoms with E-state index in [2.05, 4.69) is 31.3 Å². The number of rotatable bonds is 8. The molecule has 2 aromatic rings. The fourth-order valence-electron chi connectivity index (χ4n) is 2.61. The van der Waals surface area contributed by atoms with Crippen molar-refractivity contribution >= 4 is 17.0 Å². The first kappa shape index (κ1) is 19.6. The van der Waals surface area contributed by atoms with Crippen LogP contribution in [0.1, 0.15) is 53.3 Å². The van der Waals surface area contributed by atoms with Gasteiger partial charge in [-0.2, -0.15) is 10.5 Å². The van der Waals surface area contributed by atoms with Crippen LogP contribution in [0.2, 0.25) is 0 Å². The molecule has 0 amide bonds. The van der Waals surface area contributed by atoms with E-state index < -0.39 is 0 Å². The molecule has 1 N–H and O–H groups in total. The highest BCUT2D eigenvalue weighted by atomic mass is 32.1. The zero-order valence-electron chi connectivity index (χ0n) is 15.4. The molecule has 2 aromatic heterocycles. The van der Waals surface area contributed by atoms with Crippen LogP contribution < -0.4 is 5.32 Å². The number of furan rings is 1. The molecule has 0 spiro atoms. The van der Waals surface area contributed by atoms with Gasteiger partial charge in [-0.1, -0.05) is 26.3 Å². The van der Waals surface area contributed by atoms with E-state index >= 15 is 0 Å². The van der Waals surface area contributed by atoms with E-state index in [4.69, 9.17) is 4.42 Å². The number of thiophene rings is 1. The third-order valence-corrected chi connectivity index (χ3v) is 5.48. The van der Waals surface area contributed by atoms with Gasteiger partial charge in [-0.3, -0.25) is 0 Å². The van der Waals surface area contributed by atoms with E-state index in [1.165, 1.54) is 0 Å². The van der Waals surface area contributed by atoms with Crippen molar-refractivity contribution in [2.45, 2.75) is 46.6 Å². The summed E-state index contributed by atoms with van der Waals surface area (Å²) in [7, 11) is 0. The fraction of sp³-hybridized carbons (Fsp3) is 0.333. The molecule has 134 valence electrons. The lowest BCUT2D eigenvalue weighted by Crippen LogP contribution is -2.11. The SMILES string of the molecule is CCC/C=C(C#N)/C=C(/NCc1ccco1)c1sc(CC)c(C#N)c1C. The number of nitrogens with one attached hydrogen (secondary N) is 1. The minimum Gasteiger partial charge on any atom is -0.467 e. The number of nitrogens with zero attached hydrogens (tertiary/aromatic N) is 2. The Hall–Kier alpha value is -2.76. The van der Waals surface area contributed by atoms with Crippen molar-refractivity contribution in [1.82, 2.24) is 5.32 Å². The first-order chi connectivity index (χ1) is 12.6. The van der Waals surface area contributed by atoms with Crippen molar-refractivity contribution in [3.63, 3.8) is 0 Å². The van der Waals surface area contributed by atoms with Crippen LogP contribution in [0.25, 0.3) is 5.70 Å². The largest absolute Gasteiger partial charge is 0.467 e. The smallest absolute Gasteiger partial charge is 0.122 e. The van der Waals surface area contributed by atoms with Gasteiger partial charge >= 0.3 is 0 Å². The molecule has 0 unspecified atom stereocenters. The summed E-state index contributed by atoms with van der Waals surface area (Å²) in [5.41, 5.74) is 3.18. The third-order valence-electron chi connectivity index (χ3n) is 4.01. The van der Waals surface area contributed by atoms with Crippen LogP contribution in [0.4, 0.5) is 0 Å². The molecular formula is C21H23N3OS. The van der Waals surface area contributed by atoms with Crippen LogP contribution in [-0.2, 0) is 13.0 Å². The summed E-state index contributed by atoms with van der Waals surface area (Å²) < 4.78 is 5.40. The number of unbranched alkanes of at least 4 members (excludes halogenated alkanes) is 1. The summed E-state index contributed by atoms with van der Waals surface area (Å²) in [6.45, 7) is 6.62. The van der Waals surface area contributed by atoms with Crippen LogP contribution >= 0.6 is 11.3 Å². The summed E-state index contributed by atoms with van der Waals surface area (Å²) >= 11 is 1.61. The first-order valence-electron chi connectivity index (χ1n) is 8.75. The van der Waals surface area contributed by atoms with Gasteiger partial charge in [-0.15, -0.1) is 11.3 Å². The van der Waals surface area contributed by atoms with Crippen molar-refractivity contribution in [3.05, 3.63) is 62.8 Å². The maximum Gasteiger partial charge on any atom is 0.122 e. The average Bonchev–Trinajstić information content (AvgIpc) is 3.28. The van der Waals surface area contributed by atoms with Crippen LogP contribution in [0.15, 0.2) is 40.5 Å². The third kappa shape index (κ3) is 4.65. The fourth-order valence-corrected chi connectivity index (χ4v) is 3.80. The zero-order chi connectivity index (χ0) is 18.9. The molecule has 5 heteroatoms. The Morgan fingerprint density at radius 2 is 2.15 bits per heavy atom. The Morgan fingerprint density at radius 1 is 1.35 bits per heavy atom. The predicted octanol–water partition coefficient (Wildman–Crippen LogP) is 5.46. The molecule has 0 saturated heterocycles. The second-order valence-corrected chi connectivity index (χ2v) is 6.98. The molecule has 0 fully saturated rings. The van der Waals surface area contributed by atoms with E-state index in [0.29, 0.717) is 12.1 Å². The summed E-state index contributed by atoms with van der Waals surface area (Å²) in [4.78, 5) is 2.07. The van der Waals surface area contributed by atoms with E-state index in [-0.39, 0.29) is 0 Å². The predicted molar refractivity (Wildman–Crippen MR) is 105 cm³/mol. The van der Waals surface area contributed by atoms with Gasteiger partial charge in [0, 0.05) is 4.88 Å². The van der Waals surface area contributed by atoms with E-state index in [1.54, 1.807) is 17.6 Å². The maximum absolute atomic E-state index is 9.49. The topological polar surface area (TPSA) is 72.8 Å². The summed E-state index contributed by atoms with van der Waals surface area (Å²) in [6, 6.07) is 8.33. The summed E-state index contributed by atoms with van der Waals surface area (Å²) in [6.07, 6.45) is 8.13. The molecule has 26 heavy (non-hydrogen) atoms. The molecule has 2 rings (SSSR count). The Kier molecular flexibility index (Phi) is 7.26. The zero-order valence-corrected chi connectivity index (χ0v) is 16.2. The van der Waals surface area contributed by atoms with Crippen molar-refractivity contribution in [1.29, 1.82) is 10.5 Å². The number of nitriles is 2. The number of hydrogen-bond donors (Lipinski definition) is 1. The second-order valence-electron chi connectivity index (χ2n) is 5.87. The van der Waals surface area contributed by atoms with Crippen molar-refractivity contribution in [2.75, 3.05) is 0 Å². The molecule has 0 aliphatic carbocycles. The lowest BCUT2D eigenvalue weighted by atomic mass is 10.1. The minimum atomic E-state index is 0.520. The van der Waals surface area contributed by atoms with Crippen LogP contribution in [0, 0.1) is 29.6 Å². The Bertz CT molecular complexity index is 874. The number of aryl methyl sites for hydroxylation is 1. The molecule has 0 saturated carbocycles. The van der Waals surface area contributed by atoms with Gasteiger partial charge in [-0.25, -0.2) is 0 Å². The second kappa shape index (κ2) is 9.65. The van der Waals surface area contributed by atoms with E-state index in [1.807, 2.05) is 31.2 Å². The van der Waals surface area contributed by atoms with Gasteiger partial charge in [0.05, 0.1) is 40.6 Å². The minimum absolute atomic E-state index is 0.520. The lowest BCUT2D eigenvalue weighted by Gasteiger charge is -2.10. The van der Waals surface area contributed by atoms with Crippen molar-refractivity contribution < 1.29 is 4.42 Å². The van der Waals surface area contributed by atoms with Gasteiger partial charge < -0.3 is 9.73 Å². The number of hydrogen-bond acceptors (Lipinski definition) is 5. The molecule has 2 heterocycles. The Balaban J connectivity index is 2.45. The molecule has 0 aliphatic heterocycles. The van der Waals surface area contributed by atoms with Crippen LogP contribution in [0.3, 0.4) is 0 Å². The van der Waals surface area contributed by atoms with Gasteiger partial charge in [0.25, 0.3) is 0 Å². The summed E-state index contributed by atoms with van der Waals surface area (Å²) in [5.74, 6) is 0.817. The molecule has 0 atom stereocenters. The normalized spacial score (nSPS) is 11.9. The quantitative estimate of drug-likeness (QED) is 0.498. The molecule has 0 bridgehead atoms. The Labute approximate surface area is 159 Å². The van der Waals surface area contributed by atoms with E-state index in [0.717, 1.165) is 51.6 Å². The highest BCUT2D eigenvalue weighted by Crippen LogP contribution is 2.33. The van der Waals surface area contributed by atoms with Crippen LogP contribution in [-0.4, -0.2) is 0 Å². The summed E-state index contributed by atoms with van der Waals surface area (Å²) in [5, 5.41) is 22.3. The van der Waals surface area contributed by atoms with E-state index in [9.17, 15) is 10.5 Å². The highest BCUT2D eigenvalue weighted by Gasteiger charge is 2.17. The average molecular weight is 366 g/mol. The van der Waals surface area contributed by atoms with Crippen molar-refractivity contribution in [3.8, 4) is 12.1 Å². The standard InChI is InChI=1S/C21H23N3OS/c1-4-6-8-16(12-22)11-19(24-14-17-9-7-10-25-17)21-15(3)18(13-23)20(5-2)26-21/h7-11,24H,4-6,14H2,1-3H3/b16-8-,19-11+. The molecular weight excluding hydrogens is 342 g/mol. The van der Waals surface area contributed by atoms with Crippen molar-refractivity contribution in [2.24, 2.45) is 0 Å². The van der Waals surface area contributed by atoms with Gasteiger partial charge in [0.2, 0.25) is 0 Å². The maximum atomic E-state index is 9.49. The highest BCUT2D eigenvalue weighted by molar-refractivity contribution is 7.13. The van der Waals surface area contributed by atoms with Gasteiger partial charge in [0.1, 0.15) is 11.8 Å². The van der Waals surface area contributed by atoms with Gasteiger partial charge in [-0.05, 0) is 43.5 Å². The molecule has 0 aromatic carbocycles. The lowest BCUT2D eigenvalue weighted by molar-refractivity contribution is 0.501. The number of allylic oxidation sites excluding steroid dienone is 3. The first-order valence-corrected chi connectivity index (χ1v) is 9.57. The molecule has 4 nitrogen and oxygen atoms in total. The Morgan fingerprint density at radius 3 is 2.69 bits per heavy atom. The van der Waals surface area contributed by atoms with Crippen LogP contribution in [0.5, 0.6) is 0 Å². The molecule has 0 aliphatic rings. The van der Waals surface area contributed by atoms with Gasteiger partial charge in [0.15, 0.2) is 0 Å². The molecule has 0 radical (unpaired) electrons. The monoisotopic (exact) mass is 365 g/mol.